The molecule has 0 spiro atoms. The van der Waals surface area contributed by atoms with E-state index in [9.17, 15) is 10.1 Å². The minimum absolute atomic E-state index is 0.335. The molecule has 1 aromatic carbocycles. The van der Waals surface area contributed by atoms with Crippen LogP contribution in [-0.2, 0) is 9.53 Å². The minimum atomic E-state index is -1.08. The van der Waals surface area contributed by atoms with Gasteiger partial charge in [0.15, 0.2) is 11.7 Å². The van der Waals surface area contributed by atoms with E-state index in [1.165, 1.54) is 0 Å². The SMILES string of the molecule is CCCCCCOC(=O)[C@H](C#N)c1nc2ccccc2nc1N1CCN(C)CC1. The van der Waals surface area contributed by atoms with Gasteiger partial charge >= 0.3 is 5.97 Å². The second-order valence-electron chi connectivity index (χ2n) is 7.50. The molecule has 0 unspecified atom stereocenters. The predicted molar refractivity (Wildman–Crippen MR) is 113 cm³/mol. The van der Waals surface area contributed by atoms with Crippen LogP contribution in [0.2, 0.25) is 0 Å². The molecule has 7 nitrogen and oxygen atoms in total. The number of unbranched alkanes of at least 4 members (excludes halogenated alkanes) is 3. The largest absolute Gasteiger partial charge is 0.464 e. The number of piperazine rings is 1. The fourth-order valence-corrected chi connectivity index (χ4v) is 3.46. The van der Waals surface area contributed by atoms with Crippen LogP contribution in [0, 0.1) is 11.3 Å². The number of aromatic nitrogens is 2. The van der Waals surface area contributed by atoms with Crippen molar-refractivity contribution in [1.29, 1.82) is 5.26 Å². The number of likely N-dealkylation sites (N-methyl/N-ethyl adjacent to an activating group) is 1. The first-order valence-electron chi connectivity index (χ1n) is 10.4. The zero-order valence-corrected chi connectivity index (χ0v) is 17.3. The summed E-state index contributed by atoms with van der Waals surface area (Å²) in [6, 6.07) is 9.65. The summed E-state index contributed by atoms with van der Waals surface area (Å²) in [6.07, 6.45) is 4.06. The Morgan fingerprint density at radius 3 is 2.48 bits per heavy atom. The Kier molecular flexibility index (Phi) is 7.36. The second-order valence-corrected chi connectivity index (χ2v) is 7.50. The van der Waals surface area contributed by atoms with Gasteiger partial charge in [-0.25, -0.2) is 9.97 Å². The number of hydrogen-bond donors (Lipinski definition) is 0. The van der Waals surface area contributed by atoms with E-state index >= 15 is 0 Å². The van der Waals surface area contributed by atoms with Gasteiger partial charge in [-0.05, 0) is 25.6 Å². The van der Waals surface area contributed by atoms with Gasteiger partial charge in [-0.2, -0.15) is 5.26 Å². The quantitative estimate of drug-likeness (QED) is 0.502. The number of esters is 1. The van der Waals surface area contributed by atoms with Gasteiger partial charge in [0.05, 0.1) is 23.7 Å². The Morgan fingerprint density at radius 2 is 1.83 bits per heavy atom. The summed E-state index contributed by atoms with van der Waals surface area (Å²) in [5.41, 5.74) is 1.83. The molecule has 0 aliphatic carbocycles. The lowest BCUT2D eigenvalue weighted by Gasteiger charge is -2.34. The first-order valence-corrected chi connectivity index (χ1v) is 10.4. The minimum Gasteiger partial charge on any atom is -0.464 e. The third kappa shape index (κ3) is 5.21. The summed E-state index contributed by atoms with van der Waals surface area (Å²) in [5.74, 6) is -0.997. The molecule has 1 saturated heterocycles. The van der Waals surface area contributed by atoms with Gasteiger partial charge in [-0.3, -0.25) is 4.79 Å². The number of para-hydroxylation sites is 2. The van der Waals surface area contributed by atoms with Gasteiger partial charge < -0.3 is 14.5 Å². The van der Waals surface area contributed by atoms with Crippen molar-refractivity contribution >= 4 is 22.8 Å². The summed E-state index contributed by atoms with van der Waals surface area (Å²) < 4.78 is 5.41. The molecular formula is C22H29N5O2. The monoisotopic (exact) mass is 395 g/mol. The highest BCUT2D eigenvalue weighted by atomic mass is 16.5. The van der Waals surface area contributed by atoms with E-state index in [2.05, 4.69) is 34.8 Å². The van der Waals surface area contributed by atoms with E-state index in [-0.39, 0.29) is 0 Å². The van der Waals surface area contributed by atoms with Crippen LogP contribution in [0.4, 0.5) is 5.82 Å². The van der Waals surface area contributed by atoms with Crippen LogP contribution in [0.25, 0.3) is 11.0 Å². The highest BCUT2D eigenvalue weighted by molar-refractivity contribution is 5.85. The third-order valence-corrected chi connectivity index (χ3v) is 5.26. The maximum atomic E-state index is 12.7. The van der Waals surface area contributed by atoms with Crippen molar-refractivity contribution < 1.29 is 9.53 Å². The summed E-state index contributed by atoms with van der Waals surface area (Å²) in [4.78, 5) is 26.5. The third-order valence-electron chi connectivity index (χ3n) is 5.26. The summed E-state index contributed by atoms with van der Waals surface area (Å²) >= 11 is 0. The van der Waals surface area contributed by atoms with Gasteiger partial charge in [-0.1, -0.05) is 38.3 Å². The molecular weight excluding hydrogens is 366 g/mol. The highest BCUT2D eigenvalue weighted by Crippen LogP contribution is 2.28. The van der Waals surface area contributed by atoms with Crippen molar-refractivity contribution in [2.75, 3.05) is 44.7 Å². The van der Waals surface area contributed by atoms with Gasteiger partial charge in [0.25, 0.3) is 0 Å². The number of nitrogens with zero attached hydrogens (tertiary/aromatic N) is 5. The number of ether oxygens (including phenoxy) is 1. The molecule has 0 N–H and O–H groups in total. The van der Waals surface area contributed by atoms with E-state index in [4.69, 9.17) is 9.72 Å². The molecule has 7 heteroatoms. The second kappa shape index (κ2) is 10.2. The van der Waals surface area contributed by atoms with Crippen molar-refractivity contribution in [2.45, 2.75) is 38.5 Å². The van der Waals surface area contributed by atoms with E-state index in [0.717, 1.165) is 57.4 Å². The fraction of sp³-hybridized carbons (Fsp3) is 0.545. The molecule has 2 heterocycles. The number of anilines is 1. The number of rotatable bonds is 8. The van der Waals surface area contributed by atoms with E-state index in [1.807, 2.05) is 24.3 Å². The zero-order valence-electron chi connectivity index (χ0n) is 17.3. The molecule has 29 heavy (non-hydrogen) atoms. The molecule has 0 radical (unpaired) electrons. The average Bonchev–Trinajstić information content (AvgIpc) is 2.74. The van der Waals surface area contributed by atoms with Gasteiger partial charge in [-0.15, -0.1) is 0 Å². The highest BCUT2D eigenvalue weighted by Gasteiger charge is 2.30. The molecule has 0 bridgehead atoms. The number of fused-ring (bicyclic) bond motifs is 1. The van der Waals surface area contributed by atoms with Crippen molar-refractivity contribution in [3.05, 3.63) is 30.0 Å². The topological polar surface area (TPSA) is 82.3 Å². The molecule has 1 fully saturated rings. The Hall–Kier alpha value is -2.72. The molecule has 0 saturated carbocycles. The van der Waals surface area contributed by atoms with Crippen molar-refractivity contribution in [1.82, 2.24) is 14.9 Å². The smallest absolute Gasteiger partial charge is 0.329 e. The predicted octanol–water partition coefficient (Wildman–Crippen LogP) is 3.11. The summed E-state index contributed by atoms with van der Waals surface area (Å²) in [6.45, 7) is 5.82. The number of carbonyl (C=O) groups is 1. The summed E-state index contributed by atoms with van der Waals surface area (Å²) in [5, 5.41) is 9.78. The van der Waals surface area contributed by atoms with Gasteiger partial charge in [0, 0.05) is 26.2 Å². The summed E-state index contributed by atoms with van der Waals surface area (Å²) in [7, 11) is 2.08. The van der Waals surface area contributed by atoms with Crippen molar-refractivity contribution in [3.63, 3.8) is 0 Å². The number of hydrogen-bond acceptors (Lipinski definition) is 7. The molecule has 3 rings (SSSR count). The lowest BCUT2D eigenvalue weighted by atomic mass is 10.1. The van der Waals surface area contributed by atoms with Crippen molar-refractivity contribution in [2.24, 2.45) is 0 Å². The van der Waals surface area contributed by atoms with E-state index < -0.39 is 11.9 Å². The standard InChI is InChI=1S/C22H29N5O2/c1-3-4-5-8-15-29-22(28)17(16-23)20-21(27-13-11-26(2)12-14-27)25-19-10-7-6-9-18(19)24-20/h6-7,9-10,17H,3-5,8,11-15H2,1-2H3/t17-/m1/s1. The maximum Gasteiger partial charge on any atom is 0.329 e. The lowest BCUT2D eigenvalue weighted by molar-refractivity contribution is -0.144. The Labute approximate surface area is 172 Å². The molecule has 1 aliphatic rings. The number of carbonyl (C=O) groups excluding carboxylic acids is 1. The first kappa shape index (κ1) is 21.0. The Morgan fingerprint density at radius 1 is 1.14 bits per heavy atom. The van der Waals surface area contributed by atoms with Crippen LogP contribution in [0.1, 0.15) is 44.2 Å². The average molecular weight is 396 g/mol. The fourth-order valence-electron chi connectivity index (χ4n) is 3.46. The van der Waals surface area contributed by atoms with E-state index in [0.29, 0.717) is 23.6 Å². The van der Waals surface area contributed by atoms with Crippen LogP contribution in [-0.4, -0.2) is 60.7 Å². The molecule has 1 aromatic heterocycles. The van der Waals surface area contributed by atoms with Crippen LogP contribution in [0.15, 0.2) is 24.3 Å². The Bertz CT molecular complexity index is 871. The zero-order chi connectivity index (χ0) is 20.6. The molecule has 1 atom stereocenters. The number of nitriles is 1. The van der Waals surface area contributed by atoms with Gasteiger partial charge in [0.2, 0.25) is 0 Å². The normalized spacial score (nSPS) is 15.8. The maximum absolute atomic E-state index is 12.7. The molecule has 2 aromatic rings. The first-order chi connectivity index (χ1) is 14.1. The van der Waals surface area contributed by atoms with Crippen LogP contribution in [0.5, 0.6) is 0 Å². The van der Waals surface area contributed by atoms with Gasteiger partial charge in [0.1, 0.15) is 5.69 Å². The van der Waals surface area contributed by atoms with Crippen LogP contribution in [0.3, 0.4) is 0 Å². The van der Waals surface area contributed by atoms with Crippen LogP contribution >= 0.6 is 0 Å². The molecule has 1 aliphatic heterocycles. The van der Waals surface area contributed by atoms with Crippen LogP contribution < -0.4 is 4.90 Å². The lowest BCUT2D eigenvalue weighted by Crippen LogP contribution is -2.45. The number of benzene rings is 1. The van der Waals surface area contributed by atoms with E-state index in [1.54, 1.807) is 0 Å². The molecule has 154 valence electrons. The Balaban J connectivity index is 1.87. The van der Waals surface area contributed by atoms with Crippen molar-refractivity contribution in [3.8, 4) is 6.07 Å². The molecule has 0 amide bonds.